The van der Waals surface area contributed by atoms with Gasteiger partial charge in [-0.25, -0.2) is 5.26 Å². The number of nitrogens with zero attached hydrogens (tertiary/aromatic N) is 6. The third kappa shape index (κ3) is 7.54. The molecule has 0 atom stereocenters. The predicted molar refractivity (Wildman–Crippen MR) is 147 cm³/mol. The summed E-state index contributed by atoms with van der Waals surface area (Å²) < 4.78 is 92.1. The third-order valence-corrected chi connectivity index (χ3v) is 7.10. The van der Waals surface area contributed by atoms with Crippen LogP contribution in [0.5, 0.6) is 5.75 Å². The number of aromatic hydroxyl groups is 1. The fourth-order valence-corrected chi connectivity index (χ4v) is 4.93. The first-order valence-electron chi connectivity index (χ1n) is 11.8. The quantitative estimate of drug-likeness (QED) is 0.0163. The van der Waals surface area contributed by atoms with Crippen LogP contribution in [0.4, 0.5) is 51.9 Å². The molecule has 0 saturated heterocycles. The van der Waals surface area contributed by atoms with Crippen molar-refractivity contribution in [3.05, 3.63) is 78.6 Å². The number of phenolic OH excluding ortho intramolecular Hbond substituents is 1. The number of rotatable bonds is 10. The number of benzene rings is 3. The van der Waals surface area contributed by atoms with E-state index in [4.69, 9.17) is 5.26 Å². The number of phenols is 1. The number of azo groups is 1. The molecule has 5 aromatic rings. The van der Waals surface area contributed by atoms with Gasteiger partial charge in [0, 0.05) is 28.9 Å². The van der Waals surface area contributed by atoms with Crippen molar-refractivity contribution in [2.24, 2.45) is 10.2 Å². The number of hydrogen-bond acceptors (Lipinski definition) is 15. The monoisotopic (exact) mass is 666 g/mol. The summed E-state index contributed by atoms with van der Waals surface area (Å²) in [5, 5.41) is 36.8. The molecule has 0 amide bonds. The van der Waals surface area contributed by atoms with Crippen molar-refractivity contribution in [1.29, 1.82) is 0 Å². The van der Waals surface area contributed by atoms with Gasteiger partial charge in [0.2, 0.25) is 11.9 Å². The summed E-state index contributed by atoms with van der Waals surface area (Å²) in [6.07, 6.45) is -2.70. The predicted octanol–water partition coefficient (Wildman–Crippen LogP) is 6.26. The Morgan fingerprint density at radius 1 is 0.800 bits per heavy atom. The minimum absolute atomic E-state index is 0.00323. The van der Waals surface area contributed by atoms with Crippen molar-refractivity contribution in [3.8, 4) is 5.75 Å². The highest BCUT2D eigenvalue weighted by atomic mass is 32.2. The Bertz CT molecular complexity index is 2040. The molecule has 0 bridgehead atoms. The molecule has 15 nitrogen and oxygen atoms in total. The second kappa shape index (κ2) is 12.9. The summed E-state index contributed by atoms with van der Waals surface area (Å²) in [5.74, 6) is -3.48. The molecule has 0 saturated carbocycles. The summed E-state index contributed by atoms with van der Waals surface area (Å²) in [6.45, 7) is 0. The molecule has 0 fully saturated rings. The van der Waals surface area contributed by atoms with Crippen LogP contribution in [0, 0.1) is 24.1 Å². The normalized spacial score (nSPS) is 11.8. The summed E-state index contributed by atoms with van der Waals surface area (Å²) in [7, 11) is -4.90. The SMILES string of the molecule is O=S(=O)(O)c1ccc(Nc2cc(F)nc(F)n2)cc1N=Nc1c(SOOO)cc2ccc(Nc3cc(F)nc(F)n3)cc2c1O. The molecule has 0 aliphatic heterocycles. The van der Waals surface area contributed by atoms with Gasteiger partial charge >= 0.3 is 12.2 Å². The van der Waals surface area contributed by atoms with E-state index < -0.39 is 50.5 Å². The van der Waals surface area contributed by atoms with E-state index in [0.717, 1.165) is 30.3 Å². The molecule has 0 radical (unpaired) electrons. The molecule has 45 heavy (non-hydrogen) atoms. The molecule has 3 aromatic carbocycles. The van der Waals surface area contributed by atoms with Gasteiger partial charge in [-0.1, -0.05) is 11.1 Å². The van der Waals surface area contributed by atoms with Crippen LogP contribution in [0.15, 0.2) is 74.6 Å². The van der Waals surface area contributed by atoms with Crippen molar-refractivity contribution >= 4 is 67.3 Å². The fourth-order valence-electron chi connectivity index (χ4n) is 3.83. The lowest BCUT2D eigenvalue weighted by Gasteiger charge is -2.12. The van der Waals surface area contributed by atoms with Crippen molar-refractivity contribution in [3.63, 3.8) is 0 Å². The van der Waals surface area contributed by atoms with Crippen molar-refractivity contribution < 1.29 is 50.3 Å². The standard InChI is InChI=1S/C24H14F4N8O7S2/c25-17-8-19(33-23(27)31-17)29-11-2-1-10-5-15(44-43-42-38)21(22(37)13(10)6-11)36-35-14-7-12(3-4-16(14)45(39,40)41)30-20-9-18(26)32-24(28)34-20/h1-9,37-38H,(H,29,31,33)(H,30,32,34)(H,39,40,41). The molecule has 0 unspecified atom stereocenters. The topological polar surface area (TPSA) is 214 Å². The molecule has 232 valence electrons. The van der Waals surface area contributed by atoms with Crippen LogP contribution in [0.2, 0.25) is 0 Å². The average molecular weight is 667 g/mol. The number of hydrogen-bond donors (Lipinski definition) is 5. The van der Waals surface area contributed by atoms with Gasteiger partial charge in [-0.15, -0.1) is 14.6 Å². The van der Waals surface area contributed by atoms with Gasteiger partial charge in [-0.2, -0.15) is 45.9 Å². The van der Waals surface area contributed by atoms with Gasteiger partial charge in [0.15, 0.2) is 5.75 Å². The van der Waals surface area contributed by atoms with Crippen LogP contribution in [0.25, 0.3) is 10.8 Å². The molecule has 0 aliphatic carbocycles. The molecule has 0 spiro atoms. The molecule has 2 heterocycles. The van der Waals surface area contributed by atoms with E-state index in [1.165, 1.54) is 24.3 Å². The maximum Gasteiger partial charge on any atom is 0.313 e. The second-order valence-corrected chi connectivity index (χ2v) is 10.7. The lowest BCUT2D eigenvalue weighted by molar-refractivity contribution is -0.432. The lowest BCUT2D eigenvalue weighted by atomic mass is 10.1. The minimum Gasteiger partial charge on any atom is -0.505 e. The first-order valence-corrected chi connectivity index (χ1v) is 14.0. The van der Waals surface area contributed by atoms with Gasteiger partial charge in [0.05, 0.1) is 16.9 Å². The molecule has 21 heteroatoms. The highest BCUT2D eigenvalue weighted by Crippen LogP contribution is 2.45. The molecule has 0 aliphatic rings. The van der Waals surface area contributed by atoms with Crippen LogP contribution < -0.4 is 10.6 Å². The summed E-state index contributed by atoms with van der Waals surface area (Å²) >= 11 is 0.372. The zero-order chi connectivity index (χ0) is 32.3. The van der Waals surface area contributed by atoms with Gasteiger partial charge in [0.1, 0.15) is 27.9 Å². The highest BCUT2D eigenvalue weighted by molar-refractivity contribution is 7.94. The minimum atomic E-state index is -4.90. The van der Waals surface area contributed by atoms with E-state index in [1.54, 1.807) is 0 Å². The van der Waals surface area contributed by atoms with Gasteiger partial charge in [-0.05, 0) is 41.8 Å². The summed E-state index contributed by atoms with van der Waals surface area (Å²) in [4.78, 5) is 11.8. The maximum atomic E-state index is 13.5. The van der Waals surface area contributed by atoms with Crippen LogP contribution in [-0.2, 0) is 19.5 Å². The number of anilines is 4. The van der Waals surface area contributed by atoms with E-state index in [0.29, 0.717) is 17.4 Å². The van der Waals surface area contributed by atoms with Crippen molar-refractivity contribution in [2.45, 2.75) is 9.79 Å². The first kappa shape index (κ1) is 31.4. The average Bonchev–Trinajstić information content (AvgIpc) is 2.94. The highest BCUT2D eigenvalue weighted by Gasteiger charge is 2.19. The Morgan fingerprint density at radius 3 is 1.98 bits per heavy atom. The van der Waals surface area contributed by atoms with E-state index in [1.807, 2.05) is 0 Å². The summed E-state index contributed by atoms with van der Waals surface area (Å²) in [5.41, 5.74) is -0.661. The number of aromatic nitrogens is 4. The smallest absolute Gasteiger partial charge is 0.313 e. The van der Waals surface area contributed by atoms with Gasteiger partial charge < -0.3 is 15.7 Å². The molecule has 2 aromatic heterocycles. The number of nitrogens with one attached hydrogen (secondary N) is 2. The van der Waals surface area contributed by atoms with E-state index >= 15 is 0 Å². The van der Waals surface area contributed by atoms with E-state index in [9.17, 15) is 35.6 Å². The van der Waals surface area contributed by atoms with Crippen LogP contribution >= 0.6 is 12.0 Å². The fraction of sp³-hybridized carbons (Fsp3) is 0. The van der Waals surface area contributed by atoms with E-state index in [2.05, 4.69) is 50.2 Å². The molecular formula is C24H14F4N8O7S2. The Morgan fingerprint density at radius 2 is 1.40 bits per heavy atom. The molecular weight excluding hydrogens is 652 g/mol. The first-order chi connectivity index (χ1) is 21.4. The van der Waals surface area contributed by atoms with Crippen LogP contribution in [0.1, 0.15) is 0 Å². The van der Waals surface area contributed by atoms with E-state index in [-0.39, 0.29) is 39.0 Å². The number of halogens is 4. The summed E-state index contributed by atoms with van der Waals surface area (Å²) in [6, 6.07) is 10.4. The van der Waals surface area contributed by atoms with Crippen molar-refractivity contribution in [2.75, 3.05) is 10.6 Å². The Labute approximate surface area is 252 Å². The van der Waals surface area contributed by atoms with Crippen LogP contribution in [-0.4, -0.2) is 43.3 Å². The maximum absolute atomic E-state index is 13.5. The van der Waals surface area contributed by atoms with Crippen LogP contribution in [0.3, 0.4) is 0 Å². The molecule has 5 rings (SSSR count). The lowest BCUT2D eigenvalue weighted by Crippen LogP contribution is -2.02. The Hall–Kier alpha value is -5.06. The zero-order valence-corrected chi connectivity index (χ0v) is 23.3. The third-order valence-electron chi connectivity index (χ3n) is 5.58. The number of fused-ring (bicyclic) bond motifs is 1. The zero-order valence-electron chi connectivity index (χ0n) is 21.7. The van der Waals surface area contributed by atoms with Crippen molar-refractivity contribution in [1.82, 2.24) is 19.9 Å². The Balaban J connectivity index is 1.58. The van der Waals surface area contributed by atoms with Gasteiger partial charge in [-0.3, -0.25) is 4.55 Å². The largest absolute Gasteiger partial charge is 0.505 e. The molecule has 5 N–H and O–H groups in total. The Kier molecular flexibility index (Phi) is 8.99. The van der Waals surface area contributed by atoms with Gasteiger partial charge in [0.25, 0.3) is 10.1 Å². The second-order valence-electron chi connectivity index (χ2n) is 8.53.